The van der Waals surface area contributed by atoms with Crippen LogP contribution in [0.5, 0.6) is 0 Å². The van der Waals surface area contributed by atoms with Crippen LogP contribution in [0.4, 0.5) is 10.1 Å². The second-order valence-electron chi connectivity index (χ2n) is 5.96. The van der Waals surface area contributed by atoms with E-state index in [4.69, 9.17) is 9.84 Å². The minimum atomic E-state index is -0.390. The van der Waals surface area contributed by atoms with Crippen molar-refractivity contribution in [2.24, 2.45) is 0 Å². The van der Waals surface area contributed by atoms with E-state index >= 15 is 0 Å². The lowest BCUT2D eigenvalue weighted by atomic mass is 9.97. The first kappa shape index (κ1) is 14.9. The number of anilines is 1. The van der Waals surface area contributed by atoms with Gasteiger partial charge in [0.05, 0.1) is 5.57 Å². The molecule has 2 N–H and O–H groups in total. The number of carbonyl (C=O) groups is 1. The van der Waals surface area contributed by atoms with Crippen molar-refractivity contribution in [2.75, 3.05) is 11.9 Å². The zero-order chi connectivity index (χ0) is 16.7. The van der Waals surface area contributed by atoms with Crippen LogP contribution in [-0.4, -0.2) is 17.6 Å². The molecule has 2 heterocycles. The fourth-order valence-corrected chi connectivity index (χ4v) is 3.20. The fraction of sp³-hybridized carbons (Fsp3) is 0.211. The molecule has 4 nitrogen and oxygen atoms in total. The number of halogens is 1. The van der Waals surface area contributed by atoms with Gasteiger partial charge in [-0.25, -0.2) is 4.39 Å². The molecular weight excluding hydrogens is 309 g/mol. The number of hydrogen-bond donors (Lipinski definition) is 2. The molecule has 0 aliphatic carbocycles. The molecule has 2 aromatic rings. The number of hydrogen-bond acceptors (Lipinski definition) is 3. The van der Waals surface area contributed by atoms with Crippen molar-refractivity contribution in [1.82, 2.24) is 0 Å². The van der Waals surface area contributed by atoms with Crippen molar-refractivity contribution >= 4 is 22.9 Å². The van der Waals surface area contributed by atoms with Gasteiger partial charge in [0.1, 0.15) is 18.2 Å². The number of carbonyl (C=O) groups excluding carboxylic acids is 1. The normalized spacial score (nSPS) is 18.2. The van der Waals surface area contributed by atoms with Crippen molar-refractivity contribution in [3.63, 3.8) is 0 Å². The third-order valence-electron chi connectivity index (χ3n) is 4.37. The topological polar surface area (TPSA) is 58.6 Å². The van der Waals surface area contributed by atoms with E-state index < -0.39 is 5.82 Å². The van der Waals surface area contributed by atoms with Crippen LogP contribution < -0.4 is 5.32 Å². The Morgan fingerprint density at radius 1 is 1.17 bits per heavy atom. The van der Waals surface area contributed by atoms with Gasteiger partial charge in [-0.1, -0.05) is 12.1 Å². The monoisotopic (exact) mass is 325 g/mol. The first-order valence-corrected chi connectivity index (χ1v) is 7.89. The molecule has 2 aromatic carbocycles. The van der Waals surface area contributed by atoms with Crippen LogP contribution in [-0.2, 0) is 22.6 Å². The highest BCUT2D eigenvalue weighted by molar-refractivity contribution is 6.36. The first-order chi connectivity index (χ1) is 11.7. The van der Waals surface area contributed by atoms with E-state index in [0.29, 0.717) is 35.6 Å². The number of benzene rings is 2. The van der Waals surface area contributed by atoms with E-state index in [-0.39, 0.29) is 12.5 Å². The molecule has 2 aliphatic rings. The summed E-state index contributed by atoms with van der Waals surface area (Å²) in [6, 6.07) is 10.2. The second kappa shape index (κ2) is 5.76. The maximum atomic E-state index is 13.6. The van der Waals surface area contributed by atoms with Crippen molar-refractivity contribution in [3.05, 3.63) is 64.5 Å². The van der Waals surface area contributed by atoms with Crippen LogP contribution in [0.2, 0.25) is 0 Å². The van der Waals surface area contributed by atoms with E-state index in [1.807, 2.05) is 18.2 Å². The summed E-state index contributed by atoms with van der Waals surface area (Å²) >= 11 is 0. The van der Waals surface area contributed by atoms with Crippen molar-refractivity contribution in [2.45, 2.75) is 19.4 Å². The summed E-state index contributed by atoms with van der Waals surface area (Å²) in [7, 11) is 0. The van der Waals surface area contributed by atoms with Crippen LogP contribution in [0.25, 0.3) is 11.3 Å². The highest BCUT2D eigenvalue weighted by atomic mass is 19.1. The van der Waals surface area contributed by atoms with Crippen molar-refractivity contribution < 1.29 is 19.0 Å². The maximum Gasteiger partial charge on any atom is 0.260 e. The standard InChI is InChI=1S/C19H16FNO3/c20-13-5-6-16-15(9-13)17(19(23)21-16)18-14-8-11(2-1-7-22)3-4-12(14)10-24-18/h3-6,8-9,22H,1-2,7,10H2,(H,21,23)/b18-17+. The summed E-state index contributed by atoms with van der Waals surface area (Å²) in [6.45, 7) is 0.531. The van der Waals surface area contributed by atoms with Gasteiger partial charge in [-0.3, -0.25) is 4.79 Å². The van der Waals surface area contributed by atoms with Gasteiger partial charge in [-0.05, 0) is 42.7 Å². The van der Waals surface area contributed by atoms with Gasteiger partial charge < -0.3 is 15.2 Å². The predicted molar refractivity (Wildman–Crippen MR) is 88.5 cm³/mol. The van der Waals surface area contributed by atoms with Gasteiger partial charge in [0.25, 0.3) is 5.91 Å². The van der Waals surface area contributed by atoms with Crippen molar-refractivity contribution in [1.29, 1.82) is 0 Å². The zero-order valence-corrected chi connectivity index (χ0v) is 12.9. The number of nitrogens with one attached hydrogen (secondary N) is 1. The summed E-state index contributed by atoms with van der Waals surface area (Å²) in [5, 5.41) is 11.7. The molecule has 24 heavy (non-hydrogen) atoms. The average molecular weight is 325 g/mol. The Balaban J connectivity index is 1.84. The Morgan fingerprint density at radius 3 is 2.88 bits per heavy atom. The van der Waals surface area contributed by atoms with Crippen LogP contribution in [0.15, 0.2) is 36.4 Å². The SMILES string of the molecule is O=C1Nc2ccc(F)cc2/C1=C1\OCc2ccc(CCCO)cc21. The minimum Gasteiger partial charge on any atom is -0.487 e. The second-order valence-corrected chi connectivity index (χ2v) is 5.96. The molecule has 0 atom stereocenters. The predicted octanol–water partition coefficient (Wildman–Crippen LogP) is 3.10. The number of fused-ring (bicyclic) bond motifs is 2. The molecule has 4 rings (SSSR count). The number of rotatable bonds is 3. The fourth-order valence-electron chi connectivity index (χ4n) is 3.20. The summed E-state index contributed by atoms with van der Waals surface area (Å²) in [4.78, 5) is 12.4. The number of aliphatic hydroxyl groups excluding tert-OH is 1. The van der Waals surface area contributed by atoms with Crippen molar-refractivity contribution in [3.8, 4) is 0 Å². The molecule has 122 valence electrons. The Kier molecular flexibility index (Phi) is 3.58. The molecule has 0 radical (unpaired) electrons. The Hall–Kier alpha value is -2.66. The van der Waals surface area contributed by atoms with Crippen LogP contribution in [0, 0.1) is 5.82 Å². The van der Waals surface area contributed by atoms with Gasteiger partial charge >= 0.3 is 0 Å². The molecule has 0 bridgehead atoms. The average Bonchev–Trinajstić information content (AvgIpc) is 3.12. The summed E-state index contributed by atoms with van der Waals surface area (Å²) in [5.74, 6) is -0.171. The lowest BCUT2D eigenvalue weighted by Gasteiger charge is -2.07. The number of amides is 1. The lowest BCUT2D eigenvalue weighted by molar-refractivity contribution is -0.110. The Labute approximate surface area is 138 Å². The summed E-state index contributed by atoms with van der Waals surface area (Å²) < 4.78 is 19.4. The largest absolute Gasteiger partial charge is 0.487 e. The van der Waals surface area contributed by atoms with Crippen LogP contribution in [0.1, 0.15) is 28.7 Å². The van der Waals surface area contributed by atoms with Gasteiger partial charge in [0.2, 0.25) is 0 Å². The Morgan fingerprint density at radius 2 is 2.04 bits per heavy atom. The highest BCUT2D eigenvalue weighted by Crippen LogP contribution is 2.42. The smallest absolute Gasteiger partial charge is 0.260 e. The van der Waals surface area contributed by atoms with E-state index in [1.54, 1.807) is 6.07 Å². The van der Waals surface area contributed by atoms with Gasteiger partial charge in [-0.2, -0.15) is 0 Å². The molecule has 0 saturated heterocycles. The quantitative estimate of drug-likeness (QED) is 0.853. The summed E-state index contributed by atoms with van der Waals surface area (Å²) in [6.07, 6.45) is 1.43. The van der Waals surface area contributed by atoms with Crippen LogP contribution >= 0.6 is 0 Å². The Bertz CT molecular complexity index is 873. The first-order valence-electron chi connectivity index (χ1n) is 7.89. The van der Waals surface area contributed by atoms with E-state index in [1.165, 1.54) is 12.1 Å². The number of ether oxygens (including phenoxy) is 1. The molecule has 0 aromatic heterocycles. The maximum absolute atomic E-state index is 13.6. The lowest BCUT2D eigenvalue weighted by Crippen LogP contribution is -2.05. The van der Waals surface area contributed by atoms with E-state index in [2.05, 4.69) is 5.32 Å². The molecule has 0 fully saturated rings. The molecular formula is C19H16FNO3. The summed E-state index contributed by atoms with van der Waals surface area (Å²) in [5.41, 5.74) is 4.45. The van der Waals surface area contributed by atoms with E-state index in [0.717, 1.165) is 23.1 Å². The molecule has 1 amide bonds. The van der Waals surface area contributed by atoms with Gasteiger partial charge in [0, 0.05) is 29.0 Å². The van der Waals surface area contributed by atoms with Gasteiger partial charge in [0.15, 0.2) is 0 Å². The molecule has 0 spiro atoms. The molecule has 0 unspecified atom stereocenters. The van der Waals surface area contributed by atoms with Crippen LogP contribution in [0.3, 0.4) is 0 Å². The van der Waals surface area contributed by atoms with Gasteiger partial charge in [-0.15, -0.1) is 0 Å². The molecule has 0 saturated carbocycles. The minimum absolute atomic E-state index is 0.136. The highest BCUT2D eigenvalue weighted by Gasteiger charge is 2.32. The molecule has 5 heteroatoms. The number of aryl methyl sites for hydroxylation is 1. The third kappa shape index (κ3) is 2.37. The number of aliphatic hydroxyl groups is 1. The third-order valence-corrected chi connectivity index (χ3v) is 4.37. The molecule has 2 aliphatic heterocycles. The zero-order valence-electron chi connectivity index (χ0n) is 12.9. The van der Waals surface area contributed by atoms with E-state index in [9.17, 15) is 9.18 Å².